The maximum atomic E-state index is 13.1. The lowest BCUT2D eigenvalue weighted by atomic mass is 10.1. The Morgan fingerprint density at radius 2 is 1.97 bits per heavy atom. The summed E-state index contributed by atoms with van der Waals surface area (Å²) in [6.07, 6.45) is 0.848. The maximum Gasteiger partial charge on any atom is 0.262 e. The molecule has 0 saturated heterocycles. The van der Waals surface area contributed by atoms with Crippen molar-refractivity contribution in [3.63, 3.8) is 0 Å². The average molecular weight is 466 g/mol. The zero-order chi connectivity index (χ0) is 22.9. The second-order valence-electron chi connectivity index (χ2n) is 8.18. The Kier molecular flexibility index (Phi) is 5.67. The van der Waals surface area contributed by atoms with Crippen LogP contribution in [0, 0.1) is 5.92 Å². The predicted molar refractivity (Wildman–Crippen MR) is 126 cm³/mol. The van der Waals surface area contributed by atoms with Gasteiger partial charge in [-0.2, -0.15) is 0 Å². The lowest BCUT2D eigenvalue weighted by Crippen LogP contribution is -2.24. The average Bonchev–Trinajstić information content (AvgIpc) is 3.44. The second-order valence-corrected chi connectivity index (χ2v) is 9.12. The van der Waals surface area contributed by atoms with Crippen LogP contribution in [-0.2, 0) is 11.3 Å². The van der Waals surface area contributed by atoms with E-state index in [4.69, 9.17) is 9.47 Å². The van der Waals surface area contributed by atoms with Crippen molar-refractivity contribution in [3.8, 4) is 11.5 Å². The first-order valence-corrected chi connectivity index (χ1v) is 11.7. The summed E-state index contributed by atoms with van der Waals surface area (Å²) in [5.41, 5.74) is 1.27. The van der Waals surface area contributed by atoms with Crippen LogP contribution < -0.4 is 20.3 Å². The minimum atomic E-state index is -0.187. The zero-order valence-corrected chi connectivity index (χ0v) is 19.1. The summed E-state index contributed by atoms with van der Waals surface area (Å²) < 4.78 is 14.2. The van der Waals surface area contributed by atoms with E-state index in [0.717, 1.165) is 11.9 Å². The van der Waals surface area contributed by atoms with Gasteiger partial charge in [0, 0.05) is 18.3 Å². The highest BCUT2D eigenvalue weighted by molar-refractivity contribution is 7.99. The lowest BCUT2D eigenvalue weighted by Gasteiger charge is -2.12. The van der Waals surface area contributed by atoms with E-state index in [2.05, 4.69) is 29.4 Å². The largest absolute Gasteiger partial charge is 0.454 e. The fraction of sp³-hybridized carbons (Fsp3) is 0.304. The highest BCUT2D eigenvalue weighted by Crippen LogP contribution is 2.34. The van der Waals surface area contributed by atoms with E-state index in [-0.39, 0.29) is 24.0 Å². The molecule has 4 aromatic rings. The molecule has 0 bridgehead atoms. The fourth-order valence-corrected chi connectivity index (χ4v) is 4.46. The van der Waals surface area contributed by atoms with Crippen LogP contribution in [0.2, 0.25) is 0 Å². The fourth-order valence-electron chi connectivity index (χ4n) is 3.72. The Morgan fingerprint density at radius 1 is 1.15 bits per heavy atom. The van der Waals surface area contributed by atoms with E-state index in [9.17, 15) is 9.59 Å². The summed E-state index contributed by atoms with van der Waals surface area (Å²) in [6.45, 7) is 4.97. The molecule has 2 aromatic heterocycles. The molecule has 0 fully saturated rings. The maximum absolute atomic E-state index is 13.1. The first kappa shape index (κ1) is 21.3. The van der Waals surface area contributed by atoms with Gasteiger partial charge in [-0.15, -0.1) is 10.2 Å². The van der Waals surface area contributed by atoms with Crippen LogP contribution in [0.25, 0.3) is 16.7 Å². The molecule has 1 aliphatic heterocycles. The molecular formula is C23H23N5O4S. The van der Waals surface area contributed by atoms with Crippen molar-refractivity contribution in [2.24, 2.45) is 5.92 Å². The molecule has 33 heavy (non-hydrogen) atoms. The van der Waals surface area contributed by atoms with E-state index in [1.165, 1.54) is 11.8 Å². The number of hydrogen-bond donors (Lipinski definition) is 1. The van der Waals surface area contributed by atoms with Crippen LogP contribution in [-0.4, -0.2) is 37.6 Å². The highest BCUT2D eigenvalue weighted by Gasteiger charge is 2.18. The Morgan fingerprint density at radius 3 is 2.82 bits per heavy atom. The zero-order valence-electron chi connectivity index (χ0n) is 18.3. The number of nitrogens with one attached hydrogen (secondary N) is 1. The Labute approximate surface area is 193 Å². The number of nitrogens with zero attached hydrogens (tertiary/aromatic N) is 4. The van der Waals surface area contributed by atoms with Crippen LogP contribution in [0.15, 0.2) is 52.4 Å². The molecule has 2 aromatic carbocycles. The molecule has 0 radical (unpaired) electrons. The number of aromatic nitrogens is 4. The normalized spacial score (nSPS) is 12.7. The molecule has 0 spiro atoms. The Balaban J connectivity index is 1.41. The van der Waals surface area contributed by atoms with Gasteiger partial charge in [-0.25, -0.2) is 0 Å². The summed E-state index contributed by atoms with van der Waals surface area (Å²) in [4.78, 5) is 25.7. The van der Waals surface area contributed by atoms with Crippen LogP contribution in [0.4, 0.5) is 5.69 Å². The summed E-state index contributed by atoms with van der Waals surface area (Å²) in [6, 6.07) is 12.7. The van der Waals surface area contributed by atoms with Gasteiger partial charge >= 0.3 is 0 Å². The number of rotatable bonds is 7. The van der Waals surface area contributed by atoms with Gasteiger partial charge < -0.3 is 14.8 Å². The van der Waals surface area contributed by atoms with Crippen molar-refractivity contribution in [3.05, 3.63) is 52.8 Å². The molecule has 1 amide bonds. The number of benzene rings is 2. The standard InChI is InChI=1S/C23H23N5O4S/c1-14(2)9-10-27-21(30)16-5-3-4-6-17(16)28-22(27)25-26-23(28)33-12-20(29)24-15-7-8-18-19(11-15)32-13-31-18/h3-8,11,14H,9-10,12-13H2,1-2H3,(H,24,29). The second kappa shape index (κ2) is 8.78. The van der Waals surface area contributed by atoms with Crippen LogP contribution >= 0.6 is 11.8 Å². The molecule has 170 valence electrons. The van der Waals surface area contributed by atoms with Gasteiger partial charge in [-0.3, -0.25) is 18.6 Å². The third kappa shape index (κ3) is 4.13. The number of carbonyl (C=O) groups excluding carboxylic acids is 1. The van der Waals surface area contributed by atoms with Gasteiger partial charge in [0.1, 0.15) is 0 Å². The highest BCUT2D eigenvalue weighted by atomic mass is 32.2. The molecule has 0 atom stereocenters. The van der Waals surface area contributed by atoms with E-state index in [1.54, 1.807) is 22.8 Å². The number of para-hydroxylation sites is 1. The number of hydrogen-bond acceptors (Lipinski definition) is 7. The monoisotopic (exact) mass is 465 g/mol. The van der Waals surface area contributed by atoms with E-state index in [0.29, 0.717) is 46.0 Å². The van der Waals surface area contributed by atoms with E-state index >= 15 is 0 Å². The number of amides is 1. The molecule has 10 heteroatoms. The molecule has 1 N–H and O–H groups in total. The quantitative estimate of drug-likeness (QED) is 0.417. The minimum absolute atomic E-state index is 0.0803. The summed E-state index contributed by atoms with van der Waals surface area (Å²) >= 11 is 1.27. The molecule has 9 nitrogen and oxygen atoms in total. The van der Waals surface area contributed by atoms with Gasteiger partial charge in [0.25, 0.3) is 5.56 Å². The van der Waals surface area contributed by atoms with E-state index < -0.39 is 0 Å². The van der Waals surface area contributed by atoms with Crippen LogP contribution in [0.5, 0.6) is 11.5 Å². The number of ether oxygens (including phenoxy) is 2. The number of thioether (sulfide) groups is 1. The van der Waals surface area contributed by atoms with Crippen molar-refractivity contribution < 1.29 is 14.3 Å². The first-order valence-electron chi connectivity index (χ1n) is 10.7. The topological polar surface area (TPSA) is 99.8 Å². The van der Waals surface area contributed by atoms with Gasteiger partial charge in [-0.05, 0) is 36.6 Å². The van der Waals surface area contributed by atoms with Gasteiger partial charge in [0.15, 0.2) is 16.7 Å². The molecule has 3 heterocycles. The number of fused-ring (bicyclic) bond motifs is 4. The van der Waals surface area contributed by atoms with Gasteiger partial charge in [0.05, 0.1) is 16.7 Å². The van der Waals surface area contributed by atoms with Crippen molar-refractivity contribution >= 4 is 40.0 Å². The van der Waals surface area contributed by atoms with Crippen molar-refractivity contribution in [2.45, 2.75) is 32.0 Å². The Hall–Kier alpha value is -3.53. The molecule has 0 unspecified atom stereocenters. The SMILES string of the molecule is CC(C)CCn1c(=O)c2ccccc2n2c(SCC(=O)Nc3ccc4c(c3)OCO4)nnc12. The van der Waals surface area contributed by atoms with E-state index in [1.807, 2.05) is 28.7 Å². The smallest absolute Gasteiger partial charge is 0.262 e. The summed E-state index contributed by atoms with van der Waals surface area (Å²) in [5.74, 6) is 2.14. The molecular weight excluding hydrogens is 442 g/mol. The van der Waals surface area contributed by atoms with Crippen molar-refractivity contribution in [1.29, 1.82) is 0 Å². The number of aryl methyl sites for hydroxylation is 1. The minimum Gasteiger partial charge on any atom is -0.454 e. The predicted octanol–water partition coefficient (Wildman–Crippen LogP) is 3.55. The first-order chi connectivity index (χ1) is 16.0. The number of anilines is 1. The van der Waals surface area contributed by atoms with Crippen molar-refractivity contribution in [1.82, 2.24) is 19.2 Å². The lowest BCUT2D eigenvalue weighted by molar-refractivity contribution is -0.113. The van der Waals surface area contributed by atoms with Crippen LogP contribution in [0.1, 0.15) is 20.3 Å². The molecule has 1 aliphatic rings. The third-order valence-corrected chi connectivity index (χ3v) is 6.33. The van der Waals surface area contributed by atoms with Crippen LogP contribution in [0.3, 0.4) is 0 Å². The molecule has 0 aliphatic carbocycles. The van der Waals surface area contributed by atoms with Gasteiger partial charge in [0.2, 0.25) is 18.5 Å². The van der Waals surface area contributed by atoms with Gasteiger partial charge in [-0.1, -0.05) is 37.7 Å². The van der Waals surface area contributed by atoms with Crippen molar-refractivity contribution in [2.75, 3.05) is 17.9 Å². The summed E-state index contributed by atoms with van der Waals surface area (Å²) in [5, 5.41) is 12.6. The third-order valence-electron chi connectivity index (χ3n) is 5.40. The summed E-state index contributed by atoms with van der Waals surface area (Å²) in [7, 11) is 0. The molecule has 0 saturated carbocycles. The number of carbonyl (C=O) groups is 1. The Bertz CT molecular complexity index is 1410. The molecule has 5 rings (SSSR count).